The molecule has 3 nitrogen and oxygen atoms in total. The van der Waals surface area contributed by atoms with Gasteiger partial charge in [0.25, 0.3) is 16.6 Å². The Kier molecular flexibility index (Phi) is 9.00. The highest BCUT2D eigenvalue weighted by molar-refractivity contribution is 7.00. The molecule has 0 amide bonds. The van der Waals surface area contributed by atoms with E-state index in [0.29, 0.717) is 0 Å². The lowest BCUT2D eigenvalue weighted by atomic mass is 10.1. The van der Waals surface area contributed by atoms with Crippen molar-refractivity contribution in [2.75, 3.05) is 0 Å². The molecular formula is C38H46O3Si2. The largest absolute Gasteiger partial charge is 0.496 e. The van der Waals surface area contributed by atoms with E-state index < -0.39 is 16.6 Å². The smallest absolute Gasteiger partial charge is 0.262 e. The van der Waals surface area contributed by atoms with Gasteiger partial charge >= 0.3 is 0 Å². The maximum atomic E-state index is 7.73. The molecule has 43 heavy (non-hydrogen) atoms. The first-order valence-corrected chi connectivity index (χ1v) is 19.2. The molecule has 3 atom stereocenters. The van der Waals surface area contributed by atoms with Crippen LogP contribution in [-0.2, 0) is 13.6 Å². The molecule has 1 aliphatic rings. The second kappa shape index (κ2) is 12.4. The Morgan fingerprint density at radius 2 is 0.837 bits per heavy atom. The van der Waals surface area contributed by atoms with E-state index in [1.807, 2.05) is 6.26 Å². The van der Waals surface area contributed by atoms with Crippen LogP contribution in [0.5, 0.6) is 0 Å². The number of hydrogen-bond donors (Lipinski definition) is 0. The summed E-state index contributed by atoms with van der Waals surface area (Å²) in [6, 6.07) is 43.3. The molecule has 0 radical (unpaired) electrons. The van der Waals surface area contributed by atoms with E-state index in [1.54, 1.807) is 0 Å². The summed E-state index contributed by atoms with van der Waals surface area (Å²) in [6.45, 7) is 16.1. The molecule has 0 unspecified atom stereocenters. The van der Waals surface area contributed by atoms with Gasteiger partial charge in [-0.15, -0.1) is 0 Å². The van der Waals surface area contributed by atoms with Gasteiger partial charge in [0, 0.05) is 0 Å². The van der Waals surface area contributed by atoms with Crippen molar-refractivity contribution in [2.24, 2.45) is 0 Å². The zero-order valence-corrected chi connectivity index (χ0v) is 28.7. The minimum Gasteiger partial charge on any atom is -0.496 e. The lowest BCUT2D eigenvalue weighted by Gasteiger charge is -2.50. The third-order valence-corrected chi connectivity index (χ3v) is 18.9. The zero-order chi connectivity index (χ0) is 30.7. The van der Waals surface area contributed by atoms with Crippen LogP contribution in [-0.4, -0.2) is 34.9 Å². The molecule has 0 fully saturated rings. The molecule has 0 aliphatic carbocycles. The Morgan fingerprint density at radius 3 is 1.16 bits per heavy atom. The molecule has 0 aromatic heterocycles. The van der Waals surface area contributed by atoms with E-state index >= 15 is 0 Å². The van der Waals surface area contributed by atoms with Gasteiger partial charge in [0.2, 0.25) is 0 Å². The average molecular weight is 607 g/mol. The highest BCUT2D eigenvalue weighted by Gasteiger charge is 2.56. The van der Waals surface area contributed by atoms with Crippen LogP contribution in [0.2, 0.25) is 10.1 Å². The second-order valence-corrected chi connectivity index (χ2v) is 22.2. The van der Waals surface area contributed by atoms with Crippen LogP contribution in [0.15, 0.2) is 134 Å². The van der Waals surface area contributed by atoms with Crippen LogP contribution < -0.4 is 20.7 Å². The fourth-order valence-corrected chi connectivity index (χ4v) is 16.1. The molecule has 5 rings (SSSR count). The first-order valence-electron chi connectivity index (χ1n) is 15.4. The van der Waals surface area contributed by atoms with Gasteiger partial charge in [-0.05, 0) is 43.8 Å². The zero-order valence-electron chi connectivity index (χ0n) is 26.7. The van der Waals surface area contributed by atoms with E-state index in [4.69, 9.17) is 13.6 Å². The van der Waals surface area contributed by atoms with Gasteiger partial charge in [0.1, 0.15) is 12.2 Å². The fourth-order valence-electron chi connectivity index (χ4n) is 6.76. The Bertz CT molecular complexity index is 1400. The van der Waals surface area contributed by atoms with Crippen molar-refractivity contribution in [3.05, 3.63) is 134 Å². The maximum absolute atomic E-state index is 7.73. The van der Waals surface area contributed by atoms with Gasteiger partial charge in [0.05, 0.1) is 12.4 Å². The van der Waals surface area contributed by atoms with Crippen LogP contribution in [0.25, 0.3) is 0 Å². The van der Waals surface area contributed by atoms with Crippen molar-refractivity contribution < 1.29 is 13.6 Å². The number of rotatable bonds is 8. The van der Waals surface area contributed by atoms with Gasteiger partial charge in [-0.3, -0.25) is 0 Å². The van der Waals surface area contributed by atoms with Crippen molar-refractivity contribution in [3.63, 3.8) is 0 Å². The maximum Gasteiger partial charge on any atom is 0.262 e. The molecule has 0 bridgehead atoms. The van der Waals surface area contributed by atoms with Crippen molar-refractivity contribution in [2.45, 2.75) is 76.9 Å². The summed E-state index contributed by atoms with van der Waals surface area (Å²) in [5.74, 6) is 0. The summed E-state index contributed by atoms with van der Waals surface area (Å²) in [5.41, 5.74) is 0. The third-order valence-electron chi connectivity index (χ3n) is 8.81. The van der Waals surface area contributed by atoms with Crippen LogP contribution in [0.4, 0.5) is 0 Å². The summed E-state index contributed by atoms with van der Waals surface area (Å²) in [6.07, 6.45) is 3.07. The molecule has 224 valence electrons. The van der Waals surface area contributed by atoms with Crippen LogP contribution >= 0.6 is 0 Å². The van der Waals surface area contributed by atoms with E-state index in [9.17, 15) is 0 Å². The van der Waals surface area contributed by atoms with E-state index in [2.05, 4.69) is 176 Å². The van der Waals surface area contributed by atoms with Crippen LogP contribution in [0, 0.1) is 0 Å². The number of benzene rings is 4. The predicted molar refractivity (Wildman–Crippen MR) is 185 cm³/mol. The molecule has 0 N–H and O–H groups in total. The molecule has 0 saturated carbocycles. The lowest BCUT2D eigenvalue weighted by molar-refractivity contribution is -0.0393. The monoisotopic (exact) mass is 606 g/mol. The van der Waals surface area contributed by atoms with Gasteiger partial charge in [-0.25, -0.2) is 0 Å². The van der Waals surface area contributed by atoms with E-state index in [0.717, 1.165) is 0 Å². The number of hydrogen-bond acceptors (Lipinski definition) is 3. The van der Waals surface area contributed by atoms with Crippen molar-refractivity contribution in [1.29, 1.82) is 0 Å². The van der Waals surface area contributed by atoms with Gasteiger partial charge < -0.3 is 13.6 Å². The normalized spacial score (nSPS) is 19.6. The lowest BCUT2D eigenvalue weighted by Crippen LogP contribution is -2.72. The fraction of sp³-hybridized carbons (Fsp3) is 0.316. The SMILES string of the molecule is C[C@H]1OC=C[C@@H](O[Si](c2ccccc2)(c2ccccc2)C(C)(C)C)[C@@H]1O[Si](c1ccccc1)(c1ccccc1)C(C)(C)C. The summed E-state index contributed by atoms with van der Waals surface area (Å²) in [5, 5.41) is 4.68. The van der Waals surface area contributed by atoms with Crippen molar-refractivity contribution >= 4 is 37.4 Å². The summed E-state index contributed by atoms with van der Waals surface area (Å²) < 4.78 is 21.6. The Morgan fingerprint density at radius 1 is 0.512 bits per heavy atom. The second-order valence-electron chi connectivity index (χ2n) is 13.7. The topological polar surface area (TPSA) is 27.7 Å². The van der Waals surface area contributed by atoms with Crippen LogP contribution in [0.3, 0.4) is 0 Å². The highest BCUT2D eigenvalue weighted by Crippen LogP contribution is 2.42. The highest BCUT2D eigenvalue weighted by atomic mass is 28.4. The van der Waals surface area contributed by atoms with Crippen LogP contribution in [0.1, 0.15) is 48.5 Å². The van der Waals surface area contributed by atoms with Gasteiger partial charge in [-0.2, -0.15) is 0 Å². The van der Waals surface area contributed by atoms with E-state index in [-0.39, 0.29) is 28.4 Å². The Balaban J connectivity index is 1.69. The van der Waals surface area contributed by atoms with Gasteiger partial charge in [-0.1, -0.05) is 163 Å². The summed E-state index contributed by atoms with van der Waals surface area (Å²) >= 11 is 0. The molecule has 5 heteroatoms. The Labute approximate surface area is 260 Å². The molecule has 4 aromatic rings. The standard InChI is InChI=1S/C38H46O3Si2/c1-30-36(41-43(38(5,6)7,33-24-16-10-17-25-33)34-26-18-11-19-27-34)35(28-29-39-30)40-42(37(2,3)4,31-20-12-8-13-21-31)32-22-14-9-15-23-32/h8-30,35-36H,1-7H3/t30-,35-,36-/m1/s1. The minimum absolute atomic E-state index is 0.160. The summed E-state index contributed by atoms with van der Waals surface area (Å²) in [7, 11) is -5.74. The molecule has 0 saturated heterocycles. The minimum atomic E-state index is -2.88. The molecule has 1 heterocycles. The van der Waals surface area contributed by atoms with E-state index in [1.165, 1.54) is 20.7 Å². The summed E-state index contributed by atoms with van der Waals surface area (Å²) in [4.78, 5) is 0. The average Bonchev–Trinajstić information content (AvgIpc) is 3.00. The molecule has 1 aliphatic heterocycles. The molecule has 4 aromatic carbocycles. The third kappa shape index (κ3) is 5.84. The first-order chi connectivity index (χ1) is 20.5. The first kappa shape index (κ1) is 31.2. The Hall–Kier alpha value is -3.23. The van der Waals surface area contributed by atoms with Gasteiger partial charge in [0.15, 0.2) is 0 Å². The molecule has 0 spiro atoms. The van der Waals surface area contributed by atoms with Crippen molar-refractivity contribution in [1.82, 2.24) is 0 Å². The van der Waals surface area contributed by atoms with Crippen molar-refractivity contribution in [3.8, 4) is 0 Å². The number of ether oxygens (including phenoxy) is 1. The molecular weight excluding hydrogens is 561 g/mol. The predicted octanol–water partition coefficient (Wildman–Crippen LogP) is 6.81. The quantitative estimate of drug-likeness (QED) is 0.206.